The number of hydrogen-bond acceptors (Lipinski definition) is 6. The van der Waals surface area contributed by atoms with Crippen molar-refractivity contribution in [2.45, 2.75) is 52.4 Å². The highest BCUT2D eigenvalue weighted by molar-refractivity contribution is 5.89. The van der Waals surface area contributed by atoms with Gasteiger partial charge in [-0.3, -0.25) is 5.41 Å². The summed E-state index contributed by atoms with van der Waals surface area (Å²) in [5, 5.41) is 37.6. The molecule has 6 heteroatoms. The maximum absolute atomic E-state index is 9.84. The molecule has 0 aromatic rings. The fraction of sp³-hybridized carbons (Fsp3) is 0.750. The summed E-state index contributed by atoms with van der Waals surface area (Å²) in [5.41, 5.74) is -3.33. The van der Waals surface area contributed by atoms with Gasteiger partial charge in [0.05, 0.1) is 30.2 Å². The van der Waals surface area contributed by atoms with E-state index >= 15 is 0 Å². The van der Waals surface area contributed by atoms with Crippen LogP contribution in [0.15, 0.2) is 0 Å². The highest BCUT2D eigenvalue weighted by Crippen LogP contribution is 2.63. The Morgan fingerprint density at radius 3 is 2.23 bits per heavy atom. The second-order valence-electron chi connectivity index (χ2n) is 6.51. The van der Waals surface area contributed by atoms with Crippen molar-refractivity contribution < 1.29 is 9.47 Å². The van der Waals surface area contributed by atoms with Crippen LogP contribution in [0.2, 0.25) is 0 Å². The van der Waals surface area contributed by atoms with Gasteiger partial charge in [-0.15, -0.1) is 0 Å². The van der Waals surface area contributed by atoms with Crippen LogP contribution in [0.3, 0.4) is 0 Å². The average molecular weight is 300 g/mol. The fourth-order valence-corrected chi connectivity index (χ4v) is 3.79. The van der Waals surface area contributed by atoms with E-state index in [1.165, 1.54) is 0 Å². The Morgan fingerprint density at radius 1 is 1.23 bits per heavy atom. The average Bonchev–Trinajstić information content (AvgIpc) is 2.64. The molecule has 2 bridgehead atoms. The molecule has 2 fully saturated rings. The normalized spacial score (nSPS) is 38.7. The van der Waals surface area contributed by atoms with Gasteiger partial charge in [0, 0.05) is 6.42 Å². The first-order valence-electron chi connectivity index (χ1n) is 7.49. The van der Waals surface area contributed by atoms with E-state index in [-0.39, 0.29) is 11.8 Å². The van der Waals surface area contributed by atoms with Gasteiger partial charge >= 0.3 is 0 Å². The third kappa shape index (κ3) is 1.58. The lowest BCUT2D eigenvalue weighted by Crippen LogP contribution is -2.62. The van der Waals surface area contributed by atoms with Crippen LogP contribution < -0.4 is 0 Å². The molecule has 4 atom stereocenters. The maximum atomic E-state index is 9.84. The Balaban J connectivity index is 2.74. The van der Waals surface area contributed by atoms with Gasteiger partial charge in [-0.25, -0.2) is 0 Å². The molecule has 1 N–H and O–H groups in total. The maximum Gasteiger partial charge on any atom is 0.216 e. The SMILES string of the molecule is CCC12OC(=N)C(C#N)(C1C)C(C#N)(C#N)C(CC(C)C)O2. The van der Waals surface area contributed by atoms with Crippen molar-refractivity contribution in [1.29, 1.82) is 21.2 Å². The number of ether oxygens (including phenoxy) is 2. The molecule has 2 aliphatic rings. The summed E-state index contributed by atoms with van der Waals surface area (Å²) in [5.74, 6) is -1.81. The van der Waals surface area contributed by atoms with Crippen LogP contribution in [-0.2, 0) is 9.47 Å². The van der Waals surface area contributed by atoms with Crippen LogP contribution in [-0.4, -0.2) is 17.8 Å². The van der Waals surface area contributed by atoms with Crippen molar-refractivity contribution in [3.05, 3.63) is 0 Å². The molecule has 116 valence electrons. The summed E-state index contributed by atoms with van der Waals surface area (Å²) in [7, 11) is 0. The van der Waals surface area contributed by atoms with Crippen molar-refractivity contribution in [3.8, 4) is 18.2 Å². The van der Waals surface area contributed by atoms with Gasteiger partial charge in [-0.05, 0) is 12.3 Å². The molecule has 2 aliphatic heterocycles. The minimum Gasteiger partial charge on any atom is -0.447 e. The van der Waals surface area contributed by atoms with Gasteiger partial charge in [0.1, 0.15) is 0 Å². The lowest BCUT2D eigenvalue weighted by molar-refractivity contribution is -0.279. The molecular weight excluding hydrogens is 280 g/mol. The first-order chi connectivity index (χ1) is 10.3. The lowest BCUT2D eigenvalue weighted by Gasteiger charge is -2.48. The van der Waals surface area contributed by atoms with Crippen LogP contribution in [0.4, 0.5) is 0 Å². The van der Waals surface area contributed by atoms with E-state index in [2.05, 4.69) is 6.07 Å². The zero-order valence-corrected chi connectivity index (χ0v) is 13.3. The van der Waals surface area contributed by atoms with Gasteiger partial charge in [-0.1, -0.05) is 27.7 Å². The van der Waals surface area contributed by atoms with E-state index in [1.54, 1.807) is 6.92 Å². The third-order valence-corrected chi connectivity index (χ3v) is 5.10. The largest absolute Gasteiger partial charge is 0.447 e. The summed E-state index contributed by atoms with van der Waals surface area (Å²) in [6.45, 7) is 7.51. The zero-order valence-electron chi connectivity index (χ0n) is 13.3. The zero-order chi connectivity index (χ0) is 16.8. The van der Waals surface area contributed by atoms with Crippen molar-refractivity contribution in [1.82, 2.24) is 0 Å². The summed E-state index contributed by atoms with van der Waals surface area (Å²) >= 11 is 0. The molecule has 0 aliphatic carbocycles. The van der Waals surface area contributed by atoms with Gasteiger partial charge in [0.15, 0.2) is 10.8 Å². The quantitative estimate of drug-likeness (QED) is 0.860. The highest BCUT2D eigenvalue weighted by Gasteiger charge is 2.78. The Morgan fingerprint density at radius 2 is 1.82 bits per heavy atom. The molecule has 0 amide bonds. The minimum absolute atomic E-state index is 0.178. The molecular formula is C16H20N4O2. The first-order valence-corrected chi connectivity index (χ1v) is 7.49. The Kier molecular flexibility index (Phi) is 3.68. The minimum atomic E-state index is -1.74. The number of rotatable bonds is 3. The van der Waals surface area contributed by atoms with E-state index in [9.17, 15) is 15.8 Å². The smallest absolute Gasteiger partial charge is 0.216 e. The van der Waals surface area contributed by atoms with Gasteiger partial charge in [0.25, 0.3) is 0 Å². The molecule has 0 aromatic heterocycles. The van der Waals surface area contributed by atoms with Crippen molar-refractivity contribution >= 4 is 5.90 Å². The van der Waals surface area contributed by atoms with E-state index < -0.39 is 28.6 Å². The predicted molar refractivity (Wildman–Crippen MR) is 77.0 cm³/mol. The van der Waals surface area contributed by atoms with Crippen LogP contribution >= 0.6 is 0 Å². The molecule has 6 nitrogen and oxygen atoms in total. The molecule has 2 rings (SSSR count). The number of nitriles is 3. The van der Waals surface area contributed by atoms with Crippen LogP contribution in [0.25, 0.3) is 0 Å². The summed E-state index contributed by atoms with van der Waals surface area (Å²) in [4.78, 5) is 0. The van der Waals surface area contributed by atoms with E-state index in [0.717, 1.165) is 0 Å². The molecule has 0 spiro atoms. The van der Waals surface area contributed by atoms with Crippen molar-refractivity contribution in [2.24, 2.45) is 22.7 Å². The van der Waals surface area contributed by atoms with E-state index in [0.29, 0.717) is 12.8 Å². The number of nitrogens with one attached hydrogen (secondary N) is 1. The summed E-state index contributed by atoms with van der Waals surface area (Å²) in [6, 6.07) is 6.12. The fourth-order valence-electron chi connectivity index (χ4n) is 3.79. The molecule has 22 heavy (non-hydrogen) atoms. The van der Waals surface area contributed by atoms with Gasteiger partial charge in [-0.2, -0.15) is 15.8 Å². The second-order valence-corrected chi connectivity index (χ2v) is 6.51. The molecule has 2 heterocycles. The van der Waals surface area contributed by atoms with Crippen LogP contribution in [0.5, 0.6) is 0 Å². The van der Waals surface area contributed by atoms with Gasteiger partial charge in [0.2, 0.25) is 11.7 Å². The predicted octanol–water partition coefficient (Wildman–Crippen LogP) is 2.72. The Bertz CT molecular complexity index is 610. The molecule has 4 unspecified atom stereocenters. The topological polar surface area (TPSA) is 114 Å². The van der Waals surface area contributed by atoms with E-state index in [1.807, 2.05) is 32.9 Å². The molecule has 0 aromatic carbocycles. The van der Waals surface area contributed by atoms with Crippen LogP contribution in [0.1, 0.15) is 40.5 Å². The second kappa shape index (κ2) is 4.97. The van der Waals surface area contributed by atoms with Crippen molar-refractivity contribution in [3.63, 3.8) is 0 Å². The monoisotopic (exact) mass is 300 g/mol. The number of fused-ring (bicyclic) bond motifs is 2. The first kappa shape index (κ1) is 16.3. The van der Waals surface area contributed by atoms with Crippen molar-refractivity contribution in [2.75, 3.05) is 0 Å². The van der Waals surface area contributed by atoms with Crippen LogP contribution in [0, 0.1) is 62.1 Å². The number of nitrogens with zero attached hydrogens (tertiary/aromatic N) is 3. The summed E-state index contributed by atoms with van der Waals surface area (Å²) < 4.78 is 11.7. The third-order valence-electron chi connectivity index (χ3n) is 5.10. The van der Waals surface area contributed by atoms with E-state index in [4.69, 9.17) is 14.9 Å². The standard InChI is InChI=1S/C16H20N4O2/c1-5-16-11(4)15(9-19,13(20)22-16)14(7-17,8-18)12(21-16)6-10(2)3/h10-12,20H,5-6H2,1-4H3. The summed E-state index contributed by atoms with van der Waals surface area (Å²) in [6.07, 6.45) is 0.137. The molecule has 0 saturated carbocycles. The Labute approximate surface area is 130 Å². The molecule has 2 saturated heterocycles. The Hall–Kier alpha value is -2.10. The van der Waals surface area contributed by atoms with Gasteiger partial charge < -0.3 is 9.47 Å². The highest BCUT2D eigenvalue weighted by atomic mass is 16.7. The molecule has 0 radical (unpaired) electrons. The number of hydrogen-bond donors (Lipinski definition) is 1. The lowest BCUT2D eigenvalue weighted by atomic mass is 9.54.